The fraction of sp³-hybridized carbons (Fsp3) is 0.929. The summed E-state index contributed by atoms with van der Waals surface area (Å²) in [4.78, 5) is 7.12. The van der Waals surface area contributed by atoms with Crippen LogP contribution in [0.3, 0.4) is 0 Å². The van der Waals surface area contributed by atoms with Gasteiger partial charge in [0.05, 0.1) is 6.54 Å². The second kappa shape index (κ2) is 10.7. The van der Waals surface area contributed by atoms with Gasteiger partial charge < -0.3 is 10.6 Å². The van der Waals surface area contributed by atoms with E-state index in [0.29, 0.717) is 6.04 Å². The van der Waals surface area contributed by atoms with Gasteiger partial charge in [0.15, 0.2) is 5.96 Å². The van der Waals surface area contributed by atoms with Gasteiger partial charge in [-0.1, -0.05) is 13.8 Å². The molecule has 0 aliphatic heterocycles. The third kappa shape index (κ3) is 7.97. The maximum atomic E-state index is 4.68. The Morgan fingerprint density at radius 3 is 2.32 bits per heavy atom. The molecule has 1 aliphatic rings. The average Bonchev–Trinajstić information content (AvgIpc) is 3.18. The Labute approximate surface area is 135 Å². The van der Waals surface area contributed by atoms with Crippen LogP contribution in [0.15, 0.2) is 4.99 Å². The minimum atomic E-state index is 0. The molecule has 0 heterocycles. The SMILES string of the molecule is CCNC(=NCC(C)N(CC)CC)NCC1CC1.I. The molecule has 4 nitrogen and oxygen atoms in total. The highest BCUT2D eigenvalue weighted by Gasteiger charge is 2.21. The fourth-order valence-corrected chi connectivity index (χ4v) is 2.09. The Hall–Kier alpha value is -0.0400. The smallest absolute Gasteiger partial charge is 0.191 e. The van der Waals surface area contributed by atoms with Gasteiger partial charge in [-0.2, -0.15) is 0 Å². The number of likely N-dealkylation sites (N-methyl/N-ethyl adjacent to an activating group) is 1. The first-order valence-electron chi connectivity index (χ1n) is 7.47. The summed E-state index contributed by atoms with van der Waals surface area (Å²) in [6.45, 7) is 13.8. The molecule has 0 aromatic carbocycles. The van der Waals surface area contributed by atoms with Crippen LogP contribution in [0.1, 0.15) is 40.5 Å². The second-order valence-corrected chi connectivity index (χ2v) is 5.11. The predicted octanol–water partition coefficient (Wildman–Crippen LogP) is 2.30. The highest BCUT2D eigenvalue weighted by Crippen LogP contribution is 2.27. The number of halogens is 1. The van der Waals surface area contributed by atoms with Crippen molar-refractivity contribution >= 4 is 29.9 Å². The van der Waals surface area contributed by atoms with Crippen molar-refractivity contribution in [1.82, 2.24) is 15.5 Å². The van der Waals surface area contributed by atoms with Gasteiger partial charge in [-0.25, -0.2) is 0 Å². The standard InChI is InChI=1S/C14H30N4.HI/c1-5-15-14(17-11-13-8-9-13)16-10-12(4)18(6-2)7-3;/h12-13H,5-11H2,1-4H3,(H2,15,16,17);1H. The largest absolute Gasteiger partial charge is 0.357 e. The van der Waals surface area contributed by atoms with Gasteiger partial charge in [-0.05, 0) is 45.7 Å². The molecule has 0 bridgehead atoms. The van der Waals surface area contributed by atoms with Gasteiger partial charge in [-0.3, -0.25) is 9.89 Å². The van der Waals surface area contributed by atoms with E-state index in [1.165, 1.54) is 12.8 Å². The summed E-state index contributed by atoms with van der Waals surface area (Å²) < 4.78 is 0. The Bertz CT molecular complexity index is 250. The van der Waals surface area contributed by atoms with E-state index in [4.69, 9.17) is 0 Å². The van der Waals surface area contributed by atoms with E-state index in [2.05, 4.69) is 48.2 Å². The lowest BCUT2D eigenvalue weighted by Crippen LogP contribution is -2.40. The average molecular weight is 382 g/mol. The molecule has 1 aliphatic carbocycles. The minimum absolute atomic E-state index is 0. The van der Waals surface area contributed by atoms with Crippen LogP contribution >= 0.6 is 24.0 Å². The van der Waals surface area contributed by atoms with E-state index >= 15 is 0 Å². The number of guanidine groups is 1. The van der Waals surface area contributed by atoms with Crippen LogP contribution in [0.5, 0.6) is 0 Å². The Kier molecular flexibility index (Phi) is 10.7. The zero-order valence-corrected chi connectivity index (χ0v) is 15.2. The van der Waals surface area contributed by atoms with E-state index in [0.717, 1.165) is 44.6 Å². The number of aliphatic imine (C=N–C) groups is 1. The summed E-state index contributed by atoms with van der Waals surface area (Å²) in [6, 6.07) is 0.511. The monoisotopic (exact) mass is 382 g/mol. The molecule has 0 spiro atoms. The molecule has 1 atom stereocenters. The number of hydrogen-bond acceptors (Lipinski definition) is 2. The number of hydrogen-bond donors (Lipinski definition) is 2. The van der Waals surface area contributed by atoms with Gasteiger partial charge in [0, 0.05) is 19.1 Å². The third-order valence-corrected chi connectivity index (χ3v) is 3.55. The summed E-state index contributed by atoms with van der Waals surface area (Å²) in [5.74, 6) is 1.86. The minimum Gasteiger partial charge on any atom is -0.357 e. The molecule has 1 fully saturated rings. The van der Waals surface area contributed by atoms with Gasteiger partial charge in [0.1, 0.15) is 0 Å². The zero-order chi connectivity index (χ0) is 13.4. The molecular formula is C14H31IN4. The number of nitrogens with one attached hydrogen (secondary N) is 2. The molecule has 1 unspecified atom stereocenters. The Morgan fingerprint density at radius 2 is 1.84 bits per heavy atom. The quantitative estimate of drug-likeness (QED) is 0.385. The molecule has 0 amide bonds. The van der Waals surface area contributed by atoms with Crippen molar-refractivity contribution in [3.05, 3.63) is 0 Å². The van der Waals surface area contributed by atoms with Crippen LogP contribution in [0.4, 0.5) is 0 Å². The van der Waals surface area contributed by atoms with Crippen LogP contribution in [0, 0.1) is 5.92 Å². The number of nitrogens with zero attached hydrogens (tertiary/aromatic N) is 2. The lowest BCUT2D eigenvalue weighted by molar-refractivity contribution is 0.237. The lowest BCUT2D eigenvalue weighted by atomic mass is 10.3. The van der Waals surface area contributed by atoms with Crippen molar-refractivity contribution in [3.63, 3.8) is 0 Å². The van der Waals surface area contributed by atoms with Crippen molar-refractivity contribution in [1.29, 1.82) is 0 Å². The molecular weight excluding hydrogens is 351 g/mol. The molecule has 0 saturated heterocycles. The highest BCUT2D eigenvalue weighted by atomic mass is 127. The third-order valence-electron chi connectivity index (χ3n) is 3.55. The van der Waals surface area contributed by atoms with Crippen molar-refractivity contribution < 1.29 is 0 Å². The normalized spacial score (nSPS) is 17.0. The van der Waals surface area contributed by atoms with Crippen molar-refractivity contribution in [3.8, 4) is 0 Å². The van der Waals surface area contributed by atoms with Crippen LogP contribution in [-0.2, 0) is 0 Å². The first kappa shape index (κ1) is 19.0. The molecule has 0 radical (unpaired) electrons. The first-order chi connectivity index (χ1) is 8.71. The second-order valence-electron chi connectivity index (χ2n) is 5.11. The van der Waals surface area contributed by atoms with E-state index in [9.17, 15) is 0 Å². The topological polar surface area (TPSA) is 39.7 Å². The molecule has 1 saturated carbocycles. The Morgan fingerprint density at radius 1 is 1.21 bits per heavy atom. The lowest BCUT2D eigenvalue weighted by Gasteiger charge is -2.25. The zero-order valence-electron chi connectivity index (χ0n) is 12.9. The molecule has 0 aromatic heterocycles. The number of rotatable bonds is 8. The predicted molar refractivity (Wildman–Crippen MR) is 94.5 cm³/mol. The van der Waals surface area contributed by atoms with E-state index in [-0.39, 0.29) is 24.0 Å². The summed E-state index contributed by atoms with van der Waals surface area (Å²) in [6.07, 6.45) is 2.75. The summed E-state index contributed by atoms with van der Waals surface area (Å²) in [5.41, 5.74) is 0. The highest BCUT2D eigenvalue weighted by molar-refractivity contribution is 14.0. The van der Waals surface area contributed by atoms with E-state index in [1.54, 1.807) is 0 Å². The van der Waals surface area contributed by atoms with Crippen LogP contribution < -0.4 is 10.6 Å². The van der Waals surface area contributed by atoms with Gasteiger partial charge in [0.25, 0.3) is 0 Å². The maximum Gasteiger partial charge on any atom is 0.191 e. The molecule has 114 valence electrons. The van der Waals surface area contributed by atoms with Crippen LogP contribution in [0.2, 0.25) is 0 Å². The fourth-order valence-electron chi connectivity index (χ4n) is 2.09. The van der Waals surface area contributed by atoms with Gasteiger partial charge >= 0.3 is 0 Å². The molecule has 2 N–H and O–H groups in total. The molecule has 19 heavy (non-hydrogen) atoms. The summed E-state index contributed by atoms with van der Waals surface area (Å²) in [5, 5.41) is 6.75. The van der Waals surface area contributed by atoms with Gasteiger partial charge in [-0.15, -0.1) is 24.0 Å². The summed E-state index contributed by atoms with van der Waals surface area (Å²) in [7, 11) is 0. The molecule has 1 rings (SSSR count). The maximum absolute atomic E-state index is 4.68. The van der Waals surface area contributed by atoms with Crippen molar-refractivity contribution in [2.75, 3.05) is 32.7 Å². The molecule has 5 heteroatoms. The van der Waals surface area contributed by atoms with Crippen molar-refractivity contribution in [2.45, 2.75) is 46.6 Å². The van der Waals surface area contributed by atoms with Crippen molar-refractivity contribution in [2.24, 2.45) is 10.9 Å². The summed E-state index contributed by atoms with van der Waals surface area (Å²) >= 11 is 0. The van der Waals surface area contributed by atoms with Crippen LogP contribution in [0.25, 0.3) is 0 Å². The van der Waals surface area contributed by atoms with Crippen LogP contribution in [-0.4, -0.2) is 49.6 Å². The first-order valence-corrected chi connectivity index (χ1v) is 7.47. The molecule has 0 aromatic rings. The van der Waals surface area contributed by atoms with E-state index in [1.807, 2.05) is 0 Å². The van der Waals surface area contributed by atoms with Gasteiger partial charge in [0.2, 0.25) is 0 Å². The van der Waals surface area contributed by atoms with E-state index < -0.39 is 0 Å². The Balaban J connectivity index is 0.00000324.